The van der Waals surface area contributed by atoms with Gasteiger partial charge in [-0.25, -0.2) is 4.98 Å². The fourth-order valence-corrected chi connectivity index (χ4v) is 3.06. The van der Waals surface area contributed by atoms with Crippen molar-refractivity contribution in [3.63, 3.8) is 0 Å². The van der Waals surface area contributed by atoms with Gasteiger partial charge in [0.1, 0.15) is 0 Å². The molecule has 1 aliphatic rings. The van der Waals surface area contributed by atoms with Crippen LogP contribution in [0.15, 0.2) is 12.5 Å². The van der Waals surface area contributed by atoms with E-state index in [2.05, 4.69) is 28.0 Å². The Morgan fingerprint density at radius 1 is 1.69 bits per heavy atom. The van der Waals surface area contributed by atoms with Crippen LogP contribution in [-0.2, 0) is 6.54 Å². The van der Waals surface area contributed by atoms with Gasteiger partial charge in [-0.2, -0.15) is 11.8 Å². The Hall–Kier alpha value is -0.480. The van der Waals surface area contributed by atoms with Crippen LogP contribution in [-0.4, -0.2) is 28.1 Å². The van der Waals surface area contributed by atoms with Crippen molar-refractivity contribution >= 4 is 11.8 Å². The topological polar surface area (TPSA) is 29.9 Å². The molecule has 16 heavy (non-hydrogen) atoms. The Morgan fingerprint density at radius 3 is 3.25 bits per heavy atom. The smallest absolute Gasteiger partial charge is 0.0948 e. The van der Waals surface area contributed by atoms with E-state index < -0.39 is 0 Å². The Kier molecular flexibility index (Phi) is 4.29. The number of aromatic nitrogens is 2. The maximum Gasteiger partial charge on any atom is 0.0948 e. The highest BCUT2D eigenvalue weighted by Gasteiger charge is 2.20. The minimum Gasteiger partial charge on any atom is -0.333 e. The summed E-state index contributed by atoms with van der Waals surface area (Å²) in [5.74, 6) is 1.93. The summed E-state index contributed by atoms with van der Waals surface area (Å²) in [5.41, 5.74) is 1.37. The molecule has 0 saturated carbocycles. The number of imidazole rings is 1. The second-order valence-electron chi connectivity index (χ2n) is 4.68. The highest BCUT2D eigenvalue weighted by molar-refractivity contribution is 7.98. The van der Waals surface area contributed by atoms with Gasteiger partial charge >= 0.3 is 0 Å². The summed E-state index contributed by atoms with van der Waals surface area (Å²) in [6.07, 6.45) is 8.71. The Labute approximate surface area is 102 Å². The molecule has 1 aliphatic heterocycles. The Balaban J connectivity index is 2.00. The third-order valence-corrected chi connectivity index (χ3v) is 4.02. The van der Waals surface area contributed by atoms with Crippen LogP contribution in [0.2, 0.25) is 0 Å². The zero-order valence-corrected chi connectivity index (χ0v) is 11.0. The van der Waals surface area contributed by atoms with Gasteiger partial charge in [0.2, 0.25) is 0 Å². The molecule has 2 rings (SSSR count). The van der Waals surface area contributed by atoms with Gasteiger partial charge in [0.15, 0.2) is 0 Å². The minimum atomic E-state index is 0.531. The molecule has 2 heterocycles. The van der Waals surface area contributed by atoms with E-state index in [-0.39, 0.29) is 0 Å². The van der Waals surface area contributed by atoms with Crippen molar-refractivity contribution in [1.82, 2.24) is 14.9 Å². The normalized spacial score (nSPS) is 22.5. The largest absolute Gasteiger partial charge is 0.333 e. The predicted molar refractivity (Wildman–Crippen MR) is 69.8 cm³/mol. The summed E-state index contributed by atoms with van der Waals surface area (Å²) >= 11 is 1.92. The van der Waals surface area contributed by atoms with Crippen LogP contribution >= 0.6 is 11.8 Å². The Bertz CT molecular complexity index is 318. The molecule has 1 aromatic heterocycles. The van der Waals surface area contributed by atoms with E-state index in [1.54, 1.807) is 0 Å². The highest BCUT2D eigenvalue weighted by Crippen LogP contribution is 2.23. The second-order valence-corrected chi connectivity index (χ2v) is 5.59. The molecule has 1 aromatic rings. The zero-order valence-electron chi connectivity index (χ0n) is 10.1. The predicted octanol–water partition coefficient (Wildman–Crippen LogP) is 2.31. The second kappa shape index (κ2) is 5.73. The van der Waals surface area contributed by atoms with Crippen molar-refractivity contribution in [3.8, 4) is 0 Å². The fraction of sp³-hybridized carbons (Fsp3) is 0.750. The number of nitrogens with zero attached hydrogens (tertiary/aromatic N) is 2. The molecular formula is C12H21N3S. The SMILES string of the molecule is CSCC(C)Cn1cncc1C1CCCN1. The average molecular weight is 239 g/mol. The fourth-order valence-electron chi connectivity index (χ4n) is 2.38. The van der Waals surface area contributed by atoms with Crippen LogP contribution < -0.4 is 5.32 Å². The van der Waals surface area contributed by atoms with E-state index in [1.807, 2.05) is 24.3 Å². The van der Waals surface area contributed by atoms with Gasteiger partial charge in [0, 0.05) is 18.8 Å². The molecule has 1 saturated heterocycles. The summed E-state index contributed by atoms with van der Waals surface area (Å²) in [6, 6.07) is 0.531. The quantitative estimate of drug-likeness (QED) is 0.855. The average Bonchev–Trinajstić information content (AvgIpc) is 2.86. The summed E-state index contributed by atoms with van der Waals surface area (Å²) < 4.78 is 2.32. The van der Waals surface area contributed by atoms with E-state index in [1.165, 1.54) is 24.3 Å². The van der Waals surface area contributed by atoms with E-state index >= 15 is 0 Å². The van der Waals surface area contributed by atoms with Gasteiger partial charge in [-0.15, -0.1) is 0 Å². The lowest BCUT2D eigenvalue weighted by Gasteiger charge is -2.17. The number of hydrogen-bond donors (Lipinski definition) is 1. The van der Waals surface area contributed by atoms with E-state index in [0.29, 0.717) is 12.0 Å². The first-order chi connectivity index (χ1) is 7.81. The first kappa shape index (κ1) is 12.0. The van der Waals surface area contributed by atoms with Gasteiger partial charge < -0.3 is 9.88 Å². The molecule has 0 amide bonds. The van der Waals surface area contributed by atoms with Gasteiger partial charge in [-0.1, -0.05) is 6.92 Å². The number of rotatable bonds is 5. The standard InChI is InChI=1S/C12H21N3S/c1-10(8-16-2)7-15-9-13-6-12(15)11-4-3-5-14-11/h6,9-11,14H,3-5,7-8H2,1-2H3. The molecule has 0 spiro atoms. The molecule has 2 unspecified atom stereocenters. The lowest BCUT2D eigenvalue weighted by Crippen LogP contribution is -2.19. The molecule has 2 atom stereocenters. The van der Waals surface area contributed by atoms with Gasteiger partial charge in [-0.3, -0.25) is 0 Å². The van der Waals surface area contributed by atoms with Crippen LogP contribution in [0.1, 0.15) is 31.5 Å². The molecule has 90 valence electrons. The monoisotopic (exact) mass is 239 g/mol. The van der Waals surface area contributed by atoms with E-state index in [4.69, 9.17) is 0 Å². The van der Waals surface area contributed by atoms with Gasteiger partial charge in [0.05, 0.1) is 12.0 Å². The lowest BCUT2D eigenvalue weighted by atomic mass is 10.1. The van der Waals surface area contributed by atoms with Crippen LogP contribution in [0.3, 0.4) is 0 Å². The van der Waals surface area contributed by atoms with Gasteiger partial charge in [-0.05, 0) is 37.3 Å². The molecule has 4 heteroatoms. The molecule has 0 aliphatic carbocycles. The molecule has 3 nitrogen and oxygen atoms in total. The summed E-state index contributed by atoms with van der Waals surface area (Å²) in [6.45, 7) is 4.55. The maximum atomic E-state index is 4.30. The zero-order chi connectivity index (χ0) is 11.4. The van der Waals surface area contributed by atoms with Crippen molar-refractivity contribution in [2.75, 3.05) is 18.6 Å². The van der Waals surface area contributed by atoms with Crippen molar-refractivity contribution < 1.29 is 0 Å². The minimum absolute atomic E-state index is 0.531. The third kappa shape index (κ3) is 2.80. The molecule has 0 bridgehead atoms. The van der Waals surface area contributed by atoms with Crippen LogP contribution in [0.5, 0.6) is 0 Å². The number of hydrogen-bond acceptors (Lipinski definition) is 3. The number of thioether (sulfide) groups is 1. The molecule has 1 N–H and O–H groups in total. The van der Waals surface area contributed by atoms with E-state index in [9.17, 15) is 0 Å². The van der Waals surface area contributed by atoms with Crippen molar-refractivity contribution in [1.29, 1.82) is 0 Å². The van der Waals surface area contributed by atoms with Crippen molar-refractivity contribution in [2.24, 2.45) is 5.92 Å². The highest BCUT2D eigenvalue weighted by atomic mass is 32.2. The summed E-state index contributed by atoms with van der Waals surface area (Å²) in [4.78, 5) is 4.30. The van der Waals surface area contributed by atoms with E-state index in [0.717, 1.165) is 13.1 Å². The van der Waals surface area contributed by atoms with Crippen LogP contribution in [0, 0.1) is 5.92 Å². The molecule has 0 radical (unpaired) electrons. The number of nitrogens with one attached hydrogen (secondary N) is 1. The molecule has 0 aromatic carbocycles. The van der Waals surface area contributed by atoms with Crippen LogP contribution in [0.4, 0.5) is 0 Å². The molecule has 1 fully saturated rings. The van der Waals surface area contributed by atoms with Gasteiger partial charge in [0.25, 0.3) is 0 Å². The Morgan fingerprint density at radius 2 is 2.56 bits per heavy atom. The third-order valence-electron chi connectivity index (χ3n) is 3.12. The lowest BCUT2D eigenvalue weighted by molar-refractivity contribution is 0.489. The summed E-state index contributed by atoms with van der Waals surface area (Å²) in [5, 5.41) is 3.54. The van der Waals surface area contributed by atoms with Crippen molar-refractivity contribution in [3.05, 3.63) is 18.2 Å². The van der Waals surface area contributed by atoms with Crippen LogP contribution in [0.25, 0.3) is 0 Å². The maximum absolute atomic E-state index is 4.30. The first-order valence-corrected chi connectivity index (χ1v) is 7.43. The molecular weight excluding hydrogens is 218 g/mol. The van der Waals surface area contributed by atoms with Crippen molar-refractivity contribution in [2.45, 2.75) is 32.4 Å². The summed E-state index contributed by atoms with van der Waals surface area (Å²) in [7, 11) is 0. The first-order valence-electron chi connectivity index (χ1n) is 6.03.